The molecule has 0 bridgehead atoms. The summed E-state index contributed by atoms with van der Waals surface area (Å²) in [5.41, 5.74) is -0.606. The molecule has 0 radical (unpaired) electrons. The highest BCUT2D eigenvalue weighted by atomic mass is 19.4. The molecule has 0 N–H and O–H groups in total. The van der Waals surface area contributed by atoms with Gasteiger partial charge in [-0.2, -0.15) is 18.4 Å². The number of halogens is 3. The minimum atomic E-state index is -4.50. The van der Waals surface area contributed by atoms with Crippen molar-refractivity contribution in [2.45, 2.75) is 32.0 Å². The van der Waals surface area contributed by atoms with Gasteiger partial charge in [0.2, 0.25) is 0 Å². The van der Waals surface area contributed by atoms with Crippen LogP contribution in [0.3, 0.4) is 0 Å². The van der Waals surface area contributed by atoms with Gasteiger partial charge in [0.15, 0.2) is 0 Å². The number of ether oxygens (including phenoxy) is 1. The number of rotatable bonds is 4. The smallest absolute Gasteiger partial charge is 0.376 e. The molecule has 0 saturated carbocycles. The third-order valence-electron chi connectivity index (χ3n) is 3.62. The summed E-state index contributed by atoms with van der Waals surface area (Å²) in [5.74, 6) is 0. The van der Waals surface area contributed by atoms with E-state index in [4.69, 9.17) is 10.00 Å². The first-order valence-electron chi connectivity index (χ1n) is 6.93. The first-order valence-corrected chi connectivity index (χ1v) is 6.93. The summed E-state index contributed by atoms with van der Waals surface area (Å²) in [7, 11) is 0. The Labute approximate surface area is 121 Å². The van der Waals surface area contributed by atoms with Crippen LogP contribution < -0.4 is 4.90 Å². The highest BCUT2D eigenvalue weighted by Gasteiger charge is 2.33. The van der Waals surface area contributed by atoms with Gasteiger partial charge in [0.1, 0.15) is 0 Å². The number of likely N-dealkylation sites (N-methyl/N-ethyl adjacent to an activating group) is 1. The van der Waals surface area contributed by atoms with Crippen molar-refractivity contribution in [3.05, 3.63) is 29.3 Å². The van der Waals surface area contributed by atoms with Crippen molar-refractivity contribution < 1.29 is 17.9 Å². The predicted molar refractivity (Wildman–Crippen MR) is 73.0 cm³/mol. The Morgan fingerprint density at radius 3 is 2.71 bits per heavy atom. The summed E-state index contributed by atoms with van der Waals surface area (Å²) in [5, 5.41) is 8.95. The summed E-state index contributed by atoms with van der Waals surface area (Å²) >= 11 is 0. The maximum Gasteiger partial charge on any atom is 0.417 e. The topological polar surface area (TPSA) is 36.3 Å². The molecule has 1 atom stereocenters. The third kappa shape index (κ3) is 3.67. The SMILES string of the molecule is CCN(CC1CCCO1)c1ccc(C(F)(F)F)c(C#N)c1. The second-order valence-corrected chi connectivity index (χ2v) is 5.01. The molecule has 1 aliphatic heterocycles. The Bertz CT molecular complexity index is 531. The monoisotopic (exact) mass is 298 g/mol. The average molecular weight is 298 g/mol. The van der Waals surface area contributed by atoms with Gasteiger partial charge in [-0.25, -0.2) is 0 Å². The van der Waals surface area contributed by atoms with Gasteiger partial charge in [0, 0.05) is 25.4 Å². The fourth-order valence-electron chi connectivity index (χ4n) is 2.52. The van der Waals surface area contributed by atoms with Gasteiger partial charge in [-0.15, -0.1) is 0 Å². The minimum absolute atomic E-state index is 0.109. The zero-order chi connectivity index (χ0) is 15.5. The maximum atomic E-state index is 12.8. The Hall–Kier alpha value is -1.74. The fraction of sp³-hybridized carbons (Fsp3) is 0.533. The lowest BCUT2D eigenvalue weighted by atomic mass is 10.1. The molecular weight excluding hydrogens is 281 g/mol. The number of alkyl halides is 3. The van der Waals surface area contributed by atoms with Gasteiger partial charge < -0.3 is 9.64 Å². The normalized spacial score (nSPS) is 18.5. The number of nitriles is 1. The number of nitrogens with zero attached hydrogens (tertiary/aromatic N) is 2. The predicted octanol–water partition coefficient (Wildman–Crippen LogP) is 3.58. The lowest BCUT2D eigenvalue weighted by Crippen LogP contribution is -2.32. The third-order valence-corrected chi connectivity index (χ3v) is 3.62. The standard InChI is InChI=1S/C15H17F3N2O/c1-2-20(10-13-4-3-7-21-13)12-5-6-14(15(16,17)18)11(8-12)9-19/h5-6,8,13H,2-4,7,10H2,1H3. The van der Waals surface area contributed by atoms with Crippen LogP contribution in [0.25, 0.3) is 0 Å². The highest BCUT2D eigenvalue weighted by Crippen LogP contribution is 2.33. The summed E-state index contributed by atoms with van der Waals surface area (Å²) in [6.45, 7) is 3.94. The van der Waals surface area contributed by atoms with Gasteiger partial charge in [0.05, 0.1) is 23.3 Å². The van der Waals surface area contributed by atoms with Crippen molar-refractivity contribution in [1.29, 1.82) is 5.26 Å². The summed E-state index contributed by atoms with van der Waals surface area (Å²) < 4.78 is 43.9. The van der Waals surface area contributed by atoms with Crippen molar-refractivity contribution in [2.75, 3.05) is 24.6 Å². The van der Waals surface area contributed by atoms with Crippen molar-refractivity contribution in [3.63, 3.8) is 0 Å². The van der Waals surface area contributed by atoms with Crippen LogP contribution in [0.4, 0.5) is 18.9 Å². The van der Waals surface area contributed by atoms with Gasteiger partial charge in [0.25, 0.3) is 0 Å². The molecule has 0 aromatic heterocycles. The summed E-state index contributed by atoms with van der Waals surface area (Å²) in [6, 6.07) is 5.34. The van der Waals surface area contributed by atoms with Crippen LogP contribution >= 0.6 is 0 Å². The lowest BCUT2D eigenvalue weighted by molar-refractivity contribution is -0.137. The molecule has 3 nitrogen and oxygen atoms in total. The molecule has 0 amide bonds. The van der Waals surface area contributed by atoms with Crippen LogP contribution in [0.1, 0.15) is 30.9 Å². The van der Waals surface area contributed by atoms with E-state index in [9.17, 15) is 13.2 Å². The van der Waals surface area contributed by atoms with Crippen LogP contribution in [-0.4, -0.2) is 25.8 Å². The minimum Gasteiger partial charge on any atom is -0.376 e. The average Bonchev–Trinajstić information content (AvgIpc) is 2.96. The first kappa shape index (κ1) is 15.6. The van der Waals surface area contributed by atoms with Gasteiger partial charge in [-0.3, -0.25) is 0 Å². The van der Waals surface area contributed by atoms with E-state index in [0.29, 0.717) is 18.8 Å². The van der Waals surface area contributed by atoms with Crippen LogP contribution in [-0.2, 0) is 10.9 Å². The van der Waals surface area contributed by atoms with Crippen molar-refractivity contribution in [2.24, 2.45) is 0 Å². The molecule has 1 fully saturated rings. The molecule has 2 rings (SSSR count). The molecule has 114 valence electrons. The first-order chi connectivity index (χ1) is 9.95. The van der Waals surface area contributed by atoms with E-state index in [1.165, 1.54) is 12.1 Å². The number of hydrogen-bond donors (Lipinski definition) is 0. The molecular formula is C15H17F3N2O. The van der Waals surface area contributed by atoms with E-state index in [1.54, 1.807) is 6.07 Å². The fourth-order valence-corrected chi connectivity index (χ4v) is 2.52. The summed E-state index contributed by atoms with van der Waals surface area (Å²) in [4.78, 5) is 1.94. The second kappa shape index (κ2) is 6.35. The van der Waals surface area contributed by atoms with Crippen LogP contribution in [0.5, 0.6) is 0 Å². The van der Waals surface area contributed by atoms with Gasteiger partial charge in [-0.1, -0.05) is 0 Å². The van der Waals surface area contributed by atoms with Gasteiger partial charge >= 0.3 is 6.18 Å². The molecule has 21 heavy (non-hydrogen) atoms. The molecule has 6 heteroatoms. The van der Waals surface area contributed by atoms with Crippen molar-refractivity contribution >= 4 is 5.69 Å². The molecule has 0 aliphatic carbocycles. The molecule has 1 heterocycles. The lowest BCUT2D eigenvalue weighted by Gasteiger charge is -2.26. The Balaban J connectivity index is 2.24. The van der Waals surface area contributed by atoms with Crippen molar-refractivity contribution in [1.82, 2.24) is 0 Å². The Kier molecular flexibility index (Phi) is 4.73. The van der Waals surface area contributed by atoms with E-state index in [1.807, 2.05) is 11.8 Å². The quantitative estimate of drug-likeness (QED) is 0.852. The number of anilines is 1. The molecule has 1 unspecified atom stereocenters. The van der Waals surface area contributed by atoms with Crippen LogP contribution in [0.15, 0.2) is 18.2 Å². The zero-order valence-electron chi connectivity index (χ0n) is 11.8. The molecule has 1 aliphatic rings. The van der Waals surface area contributed by atoms with E-state index >= 15 is 0 Å². The molecule has 1 saturated heterocycles. The molecule has 1 aromatic rings. The van der Waals surface area contributed by atoms with Crippen LogP contribution in [0.2, 0.25) is 0 Å². The van der Waals surface area contributed by atoms with E-state index in [-0.39, 0.29) is 11.7 Å². The van der Waals surface area contributed by atoms with Crippen molar-refractivity contribution in [3.8, 4) is 6.07 Å². The molecule has 0 spiro atoms. The molecule has 1 aromatic carbocycles. The zero-order valence-corrected chi connectivity index (χ0v) is 11.8. The largest absolute Gasteiger partial charge is 0.417 e. The number of benzene rings is 1. The van der Waals surface area contributed by atoms with Gasteiger partial charge in [-0.05, 0) is 38.0 Å². The second-order valence-electron chi connectivity index (χ2n) is 5.01. The maximum absolute atomic E-state index is 12.8. The summed E-state index contributed by atoms with van der Waals surface area (Å²) in [6.07, 6.45) is -2.42. The Morgan fingerprint density at radius 1 is 1.43 bits per heavy atom. The highest BCUT2D eigenvalue weighted by molar-refractivity contribution is 5.55. The van der Waals surface area contributed by atoms with E-state index in [2.05, 4.69) is 0 Å². The Morgan fingerprint density at radius 2 is 2.19 bits per heavy atom. The van der Waals surface area contributed by atoms with E-state index in [0.717, 1.165) is 25.5 Å². The van der Waals surface area contributed by atoms with Crippen LogP contribution in [0, 0.1) is 11.3 Å². The number of hydrogen-bond acceptors (Lipinski definition) is 3. The van der Waals surface area contributed by atoms with E-state index < -0.39 is 11.7 Å².